The number of nitrogens with zero attached hydrogens (tertiary/aromatic N) is 1. The second-order valence-electron chi connectivity index (χ2n) is 6.44. The van der Waals surface area contributed by atoms with Crippen molar-refractivity contribution in [2.45, 2.75) is 51.6 Å². The molecule has 0 saturated heterocycles. The molecule has 4 nitrogen and oxygen atoms in total. The number of unbranched alkanes of at least 4 members (excludes halogenated alkanes) is 3. The molecule has 0 aromatic heterocycles. The Bertz CT molecular complexity index is 623. The molecule has 0 bridgehead atoms. The summed E-state index contributed by atoms with van der Waals surface area (Å²) in [6.45, 7) is 2.07. The van der Waals surface area contributed by atoms with E-state index in [1.807, 2.05) is 13.0 Å². The summed E-state index contributed by atoms with van der Waals surface area (Å²) in [5.41, 5.74) is 1.75. The van der Waals surface area contributed by atoms with Gasteiger partial charge in [0.05, 0.1) is 14.2 Å². The van der Waals surface area contributed by atoms with Crippen LogP contribution in [0.3, 0.4) is 0 Å². The lowest BCUT2D eigenvalue weighted by Crippen LogP contribution is -2.42. The molecule has 0 atom stereocenters. The molecule has 0 saturated carbocycles. The standard InChI is InChI=1S/C20H29BrF3NO3/c1-4-16-15(9-10-17(27-2)18(16)28-3)11-14-25(19(26)20(22,23)24)13-8-6-5-7-12-21/h9-10H,4-8,11-14H2,1-3H3. The molecular formula is C20H29BrF3NO3. The van der Waals surface area contributed by atoms with Crippen LogP contribution >= 0.6 is 15.9 Å². The lowest BCUT2D eigenvalue weighted by Gasteiger charge is -2.25. The van der Waals surface area contributed by atoms with Crippen LogP contribution in [0.4, 0.5) is 13.2 Å². The number of amides is 1. The molecule has 0 unspecified atom stereocenters. The second kappa shape index (κ2) is 12.2. The van der Waals surface area contributed by atoms with Crippen molar-refractivity contribution in [1.82, 2.24) is 4.90 Å². The first-order valence-electron chi connectivity index (χ1n) is 9.44. The fourth-order valence-electron chi connectivity index (χ4n) is 3.15. The van der Waals surface area contributed by atoms with Gasteiger partial charge >= 0.3 is 12.1 Å². The van der Waals surface area contributed by atoms with Gasteiger partial charge in [0.1, 0.15) is 0 Å². The summed E-state index contributed by atoms with van der Waals surface area (Å²) in [5, 5.41) is 0.872. The van der Waals surface area contributed by atoms with Crippen molar-refractivity contribution in [1.29, 1.82) is 0 Å². The number of carbonyl (C=O) groups is 1. The van der Waals surface area contributed by atoms with E-state index in [0.29, 0.717) is 30.8 Å². The number of benzene rings is 1. The molecule has 8 heteroatoms. The third-order valence-electron chi connectivity index (χ3n) is 4.59. The van der Waals surface area contributed by atoms with Gasteiger partial charge in [-0.3, -0.25) is 4.79 Å². The van der Waals surface area contributed by atoms with Crippen molar-refractivity contribution in [3.05, 3.63) is 23.3 Å². The van der Waals surface area contributed by atoms with Crippen molar-refractivity contribution in [2.24, 2.45) is 0 Å². The second-order valence-corrected chi connectivity index (χ2v) is 7.23. The molecule has 1 aromatic rings. The number of alkyl halides is 4. The van der Waals surface area contributed by atoms with Crippen molar-refractivity contribution >= 4 is 21.8 Å². The third kappa shape index (κ3) is 7.18. The third-order valence-corrected chi connectivity index (χ3v) is 5.15. The van der Waals surface area contributed by atoms with Crippen LogP contribution in [-0.4, -0.2) is 49.6 Å². The highest BCUT2D eigenvalue weighted by molar-refractivity contribution is 9.09. The zero-order valence-corrected chi connectivity index (χ0v) is 18.3. The molecule has 1 amide bonds. The van der Waals surface area contributed by atoms with E-state index in [1.165, 1.54) is 14.2 Å². The van der Waals surface area contributed by atoms with Crippen LogP contribution in [0.15, 0.2) is 12.1 Å². The molecule has 0 N–H and O–H groups in total. The molecule has 28 heavy (non-hydrogen) atoms. The number of carbonyl (C=O) groups excluding carboxylic acids is 1. The summed E-state index contributed by atoms with van der Waals surface area (Å²) in [4.78, 5) is 12.8. The summed E-state index contributed by atoms with van der Waals surface area (Å²) < 4.78 is 49.7. The van der Waals surface area contributed by atoms with Gasteiger partial charge in [-0.15, -0.1) is 0 Å². The molecule has 0 aliphatic heterocycles. The molecule has 0 aliphatic carbocycles. The number of hydrogen-bond donors (Lipinski definition) is 0. The van der Waals surface area contributed by atoms with Gasteiger partial charge in [0.2, 0.25) is 0 Å². The Morgan fingerprint density at radius 1 is 1.07 bits per heavy atom. The molecule has 1 aromatic carbocycles. The Kier molecular flexibility index (Phi) is 10.7. The maximum absolute atomic E-state index is 13.0. The average Bonchev–Trinajstić information content (AvgIpc) is 2.67. The van der Waals surface area contributed by atoms with Gasteiger partial charge < -0.3 is 14.4 Å². The largest absolute Gasteiger partial charge is 0.493 e. The summed E-state index contributed by atoms with van der Waals surface area (Å²) in [6.07, 6.45) is -0.637. The maximum atomic E-state index is 13.0. The number of halogens is 4. The molecule has 0 radical (unpaired) electrons. The number of rotatable bonds is 12. The zero-order chi connectivity index (χ0) is 21.2. The van der Waals surface area contributed by atoms with Gasteiger partial charge in [-0.25, -0.2) is 0 Å². The lowest BCUT2D eigenvalue weighted by atomic mass is 10.00. The van der Waals surface area contributed by atoms with Gasteiger partial charge in [0.25, 0.3) is 0 Å². The highest BCUT2D eigenvalue weighted by Gasteiger charge is 2.42. The van der Waals surface area contributed by atoms with Gasteiger partial charge in [-0.2, -0.15) is 13.2 Å². The predicted molar refractivity (Wildman–Crippen MR) is 108 cm³/mol. The van der Waals surface area contributed by atoms with Gasteiger partial charge in [-0.05, 0) is 37.3 Å². The van der Waals surface area contributed by atoms with E-state index in [-0.39, 0.29) is 13.1 Å². The van der Waals surface area contributed by atoms with E-state index >= 15 is 0 Å². The van der Waals surface area contributed by atoms with Gasteiger partial charge in [0.15, 0.2) is 11.5 Å². The number of methoxy groups -OCH3 is 2. The Morgan fingerprint density at radius 2 is 1.75 bits per heavy atom. The molecule has 160 valence electrons. The number of ether oxygens (including phenoxy) is 2. The lowest BCUT2D eigenvalue weighted by molar-refractivity contribution is -0.185. The topological polar surface area (TPSA) is 38.8 Å². The molecule has 0 heterocycles. The average molecular weight is 468 g/mol. The Labute approximate surface area is 173 Å². The summed E-state index contributed by atoms with van der Waals surface area (Å²) in [5.74, 6) is -0.601. The highest BCUT2D eigenvalue weighted by Crippen LogP contribution is 2.34. The van der Waals surface area contributed by atoms with Crippen LogP contribution in [0.2, 0.25) is 0 Å². The van der Waals surface area contributed by atoms with Crippen LogP contribution in [-0.2, 0) is 17.6 Å². The normalized spacial score (nSPS) is 11.4. The molecule has 0 aliphatic rings. The molecule has 0 fully saturated rings. The zero-order valence-electron chi connectivity index (χ0n) is 16.7. The van der Waals surface area contributed by atoms with Crippen LogP contribution < -0.4 is 9.47 Å². The fraction of sp³-hybridized carbons (Fsp3) is 0.650. The quantitative estimate of drug-likeness (QED) is 0.315. The van der Waals surface area contributed by atoms with E-state index in [9.17, 15) is 18.0 Å². The van der Waals surface area contributed by atoms with E-state index in [0.717, 1.165) is 40.6 Å². The van der Waals surface area contributed by atoms with E-state index in [4.69, 9.17) is 9.47 Å². The minimum atomic E-state index is -4.86. The first-order chi connectivity index (χ1) is 13.3. The predicted octanol–water partition coefficient (Wildman–Crippen LogP) is 5.15. The molecular weight excluding hydrogens is 439 g/mol. The van der Waals surface area contributed by atoms with Gasteiger partial charge in [-0.1, -0.05) is 41.8 Å². The number of hydrogen-bond acceptors (Lipinski definition) is 3. The molecule has 1 rings (SSSR count). The Morgan fingerprint density at radius 3 is 2.29 bits per heavy atom. The summed E-state index contributed by atoms with van der Waals surface area (Å²) in [7, 11) is 3.07. The van der Waals surface area contributed by atoms with Crippen molar-refractivity contribution < 1.29 is 27.4 Å². The summed E-state index contributed by atoms with van der Waals surface area (Å²) >= 11 is 3.33. The summed E-state index contributed by atoms with van der Waals surface area (Å²) in [6, 6.07) is 3.57. The van der Waals surface area contributed by atoms with Crippen molar-refractivity contribution in [3.8, 4) is 11.5 Å². The Hall–Kier alpha value is -1.44. The maximum Gasteiger partial charge on any atom is 0.471 e. The SMILES string of the molecule is CCc1c(CCN(CCCCCCBr)C(=O)C(F)(F)F)ccc(OC)c1OC. The van der Waals surface area contributed by atoms with Crippen molar-refractivity contribution in [3.63, 3.8) is 0 Å². The fourth-order valence-corrected chi connectivity index (χ4v) is 3.55. The van der Waals surface area contributed by atoms with Crippen molar-refractivity contribution in [2.75, 3.05) is 32.6 Å². The first kappa shape index (κ1) is 24.6. The minimum absolute atomic E-state index is 0.0132. The van der Waals surface area contributed by atoms with E-state index < -0.39 is 12.1 Å². The van der Waals surface area contributed by atoms with Crippen LogP contribution in [0.5, 0.6) is 11.5 Å². The van der Waals surface area contributed by atoms with E-state index in [1.54, 1.807) is 6.07 Å². The van der Waals surface area contributed by atoms with E-state index in [2.05, 4.69) is 15.9 Å². The first-order valence-corrected chi connectivity index (χ1v) is 10.6. The van der Waals surface area contributed by atoms with Crippen LogP contribution in [0, 0.1) is 0 Å². The highest BCUT2D eigenvalue weighted by atomic mass is 79.9. The van der Waals surface area contributed by atoms with Crippen LogP contribution in [0.25, 0.3) is 0 Å². The van der Waals surface area contributed by atoms with Crippen LogP contribution in [0.1, 0.15) is 43.7 Å². The Balaban J connectivity index is 2.90. The smallest absolute Gasteiger partial charge is 0.471 e. The molecule has 0 spiro atoms. The minimum Gasteiger partial charge on any atom is -0.493 e. The van der Waals surface area contributed by atoms with Gasteiger partial charge in [0, 0.05) is 24.0 Å². The monoisotopic (exact) mass is 467 g/mol.